The molecule has 0 aromatic carbocycles. The van der Waals surface area contributed by atoms with Crippen LogP contribution in [-0.4, -0.2) is 29.9 Å². The van der Waals surface area contributed by atoms with Gasteiger partial charge >= 0.3 is 0 Å². The smallest absolute Gasteiger partial charge is 0.226 e. The second-order valence-electron chi connectivity index (χ2n) is 6.69. The van der Waals surface area contributed by atoms with Crippen LogP contribution in [0.2, 0.25) is 0 Å². The van der Waals surface area contributed by atoms with E-state index in [1.807, 2.05) is 0 Å². The normalized spacial score (nSPS) is 26.9. The fourth-order valence-electron chi connectivity index (χ4n) is 3.27. The first-order chi connectivity index (χ1) is 8.56. The lowest BCUT2D eigenvalue weighted by atomic mass is 9.68. The first kappa shape index (κ1) is 13.9. The van der Waals surface area contributed by atoms with Crippen molar-refractivity contribution >= 4 is 5.91 Å². The highest BCUT2D eigenvalue weighted by Gasteiger charge is 2.42. The highest BCUT2D eigenvalue weighted by atomic mass is 16.2. The molecule has 0 heterocycles. The van der Waals surface area contributed by atoms with E-state index in [-0.39, 0.29) is 11.3 Å². The van der Waals surface area contributed by atoms with Gasteiger partial charge in [-0.05, 0) is 44.1 Å². The van der Waals surface area contributed by atoms with E-state index in [0.29, 0.717) is 18.5 Å². The molecule has 0 aliphatic heterocycles. The number of carbonyl (C=O) groups excluding carboxylic acids is 1. The van der Waals surface area contributed by atoms with Crippen molar-refractivity contribution in [3.8, 4) is 0 Å². The summed E-state index contributed by atoms with van der Waals surface area (Å²) in [5.41, 5.74) is 5.78. The summed E-state index contributed by atoms with van der Waals surface area (Å²) < 4.78 is 0. The van der Waals surface area contributed by atoms with E-state index >= 15 is 0 Å². The molecule has 104 valence electrons. The van der Waals surface area contributed by atoms with E-state index in [1.54, 1.807) is 0 Å². The standard InChI is InChI=1S/C15H28N2O/c1-15(2)9-4-3-6-13(15)14(18)17(11-5-10-16)12-7-8-12/h12-13H,3-11,16H2,1-2H3. The number of carbonyl (C=O) groups is 1. The average molecular weight is 252 g/mol. The Balaban J connectivity index is 2.02. The molecule has 0 aromatic heterocycles. The molecule has 18 heavy (non-hydrogen) atoms. The van der Waals surface area contributed by atoms with Crippen LogP contribution in [0.1, 0.15) is 58.8 Å². The maximum absolute atomic E-state index is 12.8. The Morgan fingerprint density at radius 3 is 2.56 bits per heavy atom. The number of nitrogens with two attached hydrogens (primary N) is 1. The molecule has 2 aliphatic carbocycles. The average Bonchev–Trinajstić information content (AvgIpc) is 3.13. The maximum Gasteiger partial charge on any atom is 0.226 e. The first-order valence-corrected chi connectivity index (χ1v) is 7.57. The number of amides is 1. The van der Waals surface area contributed by atoms with Crippen LogP contribution in [0.3, 0.4) is 0 Å². The van der Waals surface area contributed by atoms with Crippen molar-refractivity contribution < 1.29 is 4.79 Å². The first-order valence-electron chi connectivity index (χ1n) is 7.57. The van der Waals surface area contributed by atoms with Gasteiger partial charge in [-0.1, -0.05) is 26.7 Å². The second-order valence-corrected chi connectivity index (χ2v) is 6.69. The summed E-state index contributed by atoms with van der Waals surface area (Å²) >= 11 is 0. The molecule has 2 saturated carbocycles. The molecular weight excluding hydrogens is 224 g/mol. The maximum atomic E-state index is 12.8. The fourth-order valence-corrected chi connectivity index (χ4v) is 3.27. The van der Waals surface area contributed by atoms with Gasteiger partial charge in [0.05, 0.1) is 0 Å². The Hall–Kier alpha value is -0.570. The van der Waals surface area contributed by atoms with Gasteiger partial charge in [0.2, 0.25) is 5.91 Å². The van der Waals surface area contributed by atoms with Crippen LogP contribution in [0.4, 0.5) is 0 Å². The molecule has 1 atom stereocenters. The third kappa shape index (κ3) is 3.05. The number of rotatable bonds is 5. The minimum atomic E-state index is 0.186. The van der Waals surface area contributed by atoms with Gasteiger partial charge in [0.1, 0.15) is 0 Å². The molecular formula is C15H28N2O. The highest BCUT2D eigenvalue weighted by Crippen LogP contribution is 2.42. The molecule has 0 spiro atoms. The van der Waals surface area contributed by atoms with Crippen molar-refractivity contribution in [2.75, 3.05) is 13.1 Å². The summed E-state index contributed by atoms with van der Waals surface area (Å²) in [4.78, 5) is 14.9. The fraction of sp³-hybridized carbons (Fsp3) is 0.933. The summed E-state index contributed by atoms with van der Waals surface area (Å²) in [5, 5.41) is 0. The van der Waals surface area contributed by atoms with Gasteiger partial charge in [0.25, 0.3) is 0 Å². The zero-order valence-corrected chi connectivity index (χ0v) is 12.0. The topological polar surface area (TPSA) is 46.3 Å². The predicted molar refractivity (Wildman–Crippen MR) is 74.1 cm³/mol. The summed E-state index contributed by atoms with van der Waals surface area (Å²) in [6.07, 6.45) is 8.11. The zero-order valence-electron chi connectivity index (χ0n) is 12.0. The van der Waals surface area contributed by atoms with Crippen molar-refractivity contribution in [1.82, 2.24) is 4.90 Å². The van der Waals surface area contributed by atoms with Crippen LogP contribution in [0, 0.1) is 11.3 Å². The molecule has 1 unspecified atom stereocenters. The number of nitrogens with zero attached hydrogens (tertiary/aromatic N) is 1. The minimum Gasteiger partial charge on any atom is -0.339 e. The number of hydrogen-bond donors (Lipinski definition) is 1. The van der Waals surface area contributed by atoms with Crippen LogP contribution in [0.25, 0.3) is 0 Å². The molecule has 3 heteroatoms. The van der Waals surface area contributed by atoms with Crippen molar-refractivity contribution in [1.29, 1.82) is 0 Å². The van der Waals surface area contributed by atoms with Gasteiger partial charge in [0, 0.05) is 18.5 Å². The van der Waals surface area contributed by atoms with E-state index < -0.39 is 0 Å². The lowest BCUT2D eigenvalue weighted by Gasteiger charge is -2.40. The molecule has 2 rings (SSSR count). The van der Waals surface area contributed by atoms with Gasteiger partial charge in [-0.15, -0.1) is 0 Å². The van der Waals surface area contributed by atoms with Gasteiger partial charge in [-0.2, -0.15) is 0 Å². The van der Waals surface area contributed by atoms with Crippen LogP contribution in [0.5, 0.6) is 0 Å². The van der Waals surface area contributed by atoms with Crippen molar-refractivity contribution in [3.63, 3.8) is 0 Å². The summed E-state index contributed by atoms with van der Waals surface area (Å²) in [5.74, 6) is 0.653. The van der Waals surface area contributed by atoms with E-state index in [4.69, 9.17) is 5.73 Å². The van der Waals surface area contributed by atoms with Gasteiger partial charge in [0.15, 0.2) is 0 Å². The summed E-state index contributed by atoms with van der Waals surface area (Å²) in [7, 11) is 0. The highest BCUT2D eigenvalue weighted by molar-refractivity contribution is 5.80. The Bertz CT molecular complexity index is 297. The molecule has 2 fully saturated rings. The van der Waals surface area contributed by atoms with Crippen LogP contribution in [0.15, 0.2) is 0 Å². The van der Waals surface area contributed by atoms with Crippen molar-refractivity contribution in [2.45, 2.75) is 64.8 Å². The molecule has 2 aliphatic rings. The van der Waals surface area contributed by atoms with Crippen LogP contribution in [-0.2, 0) is 4.79 Å². The van der Waals surface area contributed by atoms with Crippen LogP contribution < -0.4 is 5.73 Å². The molecule has 0 aromatic rings. The number of hydrogen-bond acceptors (Lipinski definition) is 2. The van der Waals surface area contributed by atoms with Crippen molar-refractivity contribution in [2.24, 2.45) is 17.1 Å². The lowest BCUT2D eigenvalue weighted by Crippen LogP contribution is -2.45. The quantitative estimate of drug-likeness (QED) is 0.817. The summed E-state index contributed by atoms with van der Waals surface area (Å²) in [6.45, 7) is 6.09. The molecule has 1 amide bonds. The third-order valence-corrected chi connectivity index (χ3v) is 4.68. The Kier molecular flexibility index (Phi) is 4.31. The Morgan fingerprint density at radius 1 is 1.28 bits per heavy atom. The molecule has 2 N–H and O–H groups in total. The molecule has 0 bridgehead atoms. The van der Waals surface area contributed by atoms with Gasteiger partial charge in [-0.3, -0.25) is 4.79 Å². The monoisotopic (exact) mass is 252 g/mol. The summed E-state index contributed by atoms with van der Waals surface area (Å²) in [6, 6.07) is 0.529. The van der Waals surface area contributed by atoms with E-state index in [1.165, 1.54) is 32.1 Å². The van der Waals surface area contributed by atoms with Crippen LogP contribution >= 0.6 is 0 Å². The third-order valence-electron chi connectivity index (χ3n) is 4.68. The second kappa shape index (κ2) is 5.60. The SMILES string of the molecule is CC1(C)CCCCC1C(=O)N(CCCN)C1CC1. The minimum absolute atomic E-state index is 0.186. The predicted octanol–water partition coefficient (Wildman–Crippen LogP) is 2.54. The van der Waals surface area contributed by atoms with E-state index in [0.717, 1.165) is 19.4 Å². The zero-order chi connectivity index (χ0) is 13.2. The Labute approximate surface area is 111 Å². The van der Waals surface area contributed by atoms with Gasteiger partial charge < -0.3 is 10.6 Å². The van der Waals surface area contributed by atoms with Crippen molar-refractivity contribution in [3.05, 3.63) is 0 Å². The lowest BCUT2D eigenvalue weighted by molar-refractivity contribution is -0.141. The van der Waals surface area contributed by atoms with E-state index in [9.17, 15) is 4.79 Å². The van der Waals surface area contributed by atoms with E-state index in [2.05, 4.69) is 18.7 Å². The molecule has 0 radical (unpaired) electrons. The Morgan fingerprint density at radius 2 is 2.00 bits per heavy atom. The molecule has 0 saturated heterocycles. The largest absolute Gasteiger partial charge is 0.339 e. The molecule has 3 nitrogen and oxygen atoms in total. The van der Waals surface area contributed by atoms with Gasteiger partial charge in [-0.25, -0.2) is 0 Å².